The lowest BCUT2D eigenvalue weighted by Crippen LogP contribution is -1.96. The highest BCUT2D eigenvalue weighted by Gasteiger charge is 2.13. The predicted octanol–water partition coefficient (Wildman–Crippen LogP) is 5.31. The summed E-state index contributed by atoms with van der Waals surface area (Å²) >= 11 is 0. The van der Waals surface area contributed by atoms with Gasteiger partial charge >= 0.3 is 0 Å². The molecule has 25 heavy (non-hydrogen) atoms. The Hall–Kier alpha value is -3.20. The molecule has 1 aromatic heterocycles. The van der Waals surface area contributed by atoms with Gasteiger partial charge in [-0.05, 0) is 31.2 Å². The van der Waals surface area contributed by atoms with Crippen LogP contribution in [0.4, 0.5) is 5.69 Å². The second-order valence-corrected chi connectivity index (χ2v) is 6.10. The van der Waals surface area contributed by atoms with Gasteiger partial charge in [0.05, 0.1) is 22.4 Å². The van der Waals surface area contributed by atoms with Gasteiger partial charge in [0.1, 0.15) is 0 Å². The molecule has 3 nitrogen and oxygen atoms in total. The predicted molar refractivity (Wildman–Crippen MR) is 105 cm³/mol. The minimum Gasteiger partial charge on any atom is -0.388 e. The smallest absolute Gasteiger partial charge is 0.0973 e. The summed E-state index contributed by atoms with van der Waals surface area (Å²) in [5, 5.41) is 3.15. The molecule has 0 bridgehead atoms. The minimum absolute atomic E-state index is 0.908. The first-order chi connectivity index (χ1) is 12.2. The standard InChI is InChI=1S/C22H19N3/c1-15-7-9-16(10-8-15)21-22(17-11-13-18(23-2)14-12-17)25-20-6-4-3-5-19(20)24-21/h3-14,23H,1-2H3. The maximum absolute atomic E-state index is 4.92. The van der Waals surface area contributed by atoms with Crippen LogP contribution in [0.5, 0.6) is 0 Å². The molecular formula is C22H19N3. The fourth-order valence-corrected chi connectivity index (χ4v) is 2.91. The Morgan fingerprint density at radius 2 is 1.12 bits per heavy atom. The summed E-state index contributed by atoms with van der Waals surface area (Å²) in [6.45, 7) is 2.09. The van der Waals surface area contributed by atoms with E-state index in [1.54, 1.807) is 0 Å². The average molecular weight is 325 g/mol. The number of rotatable bonds is 3. The van der Waals surface area contributed by atoms with Crippen molar-refractivity contribution in [1.29, 1.82) is 0 Å². The molecule has 0 unspecified atom stereocenters. The molecule has 4 rings (SSSR count). The van der Waals surface area contributed by atoms with Gasteiger partial charge in [-0.1, -0.05) is 54.1 Å². The number of aromatic nitrogens is 2. The molecule has 3 heteroatoms. The molecule has 0 fully saturated rings. The number of nitrogens with zero attached hydrogens (tertiary/aromatic N) is 2. The SMILES string of the molecule is CNc1ccc(-c2nc3ccccc3nc2-c2ccc(C)cc2)cc1. The van der Waals surface area contributed by atoms with Gasteiger partial charge in [-0.2, -0.15) is 0 Å². The molecule has 0 atom stereocenters. The van der Waals surface area contributed by atoms with Crippen LogP contribution in [0.2, 0.25) is 0 Å². The van der Waals surface area contributed by atoms with E-state index in [0.717, 1.165) is 39.2 Å². The monoisotopic (exact) mass is 325 g/mol. The zero-order chi connectivity index (χ0) is 17.2. The van der Waals surface area contributed by atoms with Gasteiger partial charge in [0, 0.05) is 23.9 Å². The van der Waals surface area contributed by atoms with Crippen LogP contribution in [0.25, 0.3) is 33.5 Å². The molecule has 0 aliphatic rings. The zero-order valence-electron chi connectivity index (χ0n) is 14.3. The van der Waals surface area contributed by atoms with Crippen LogP contribution in [0.15, 0.2) is 72.8 Å². The molecule has 0 saturated carbocycles. The van der Waals surface area contributed by atoms with Crippen molar-refractivity contribution in [3.05, 3.63) is 78.4 Å². The maximum Gasteiger partial charge on any atom is 0.0973 e. The molecular weight excluding hydrogens is 306 g/mol. The van der Waals surface area contributed by atoms with Crippen LogP contribution in [0.1, 0.15) is 5.56 Å². The van der Waals surface area contributed by atoms with Crippen LogP contribution in [-0.2, 0) is 0 Å². The van der Waals surface area contributed by atoms with Crippen molar-refractivity contribution in [3.63, 3.8) is 0 Å². The summed E-state index contributed by atoms with van der Waals surface area (Å²) in [6.07, 6.45) is 0. The molecule has 0 saturated heterocycles. The van der Waals surface area contributed by atoms with Crippen LogP contribution in [0, 0.1) is 6.92 Å². The van der Waals surface area contributed by atoms with Gasteiger partial charge in [-0.3, -0.25) is 0 Å². The first kappa shape index (κ1) is 15.3. The average Bonchev–Trinajstić information content (AvgIpc) is 2.68. The van der Waals surface area contributed by atoms with E-state index in [0.29, 0.717) is 0 Å². The Kier molecular flexibility index (Phi) is 3.90. The number of para-hydroxylation sites is 2. The molecule has 0 amide bonds. The highest BCUT2D eigenvalue weighted by atomic mass is 14.8. The molecule has 1 N–H and O–H groups in total. The van der Waals surface area contributed by atoms with E-state index in [1.165, 1.54) is 5.56 Å². The number of fused-ring (bicyclic) bond motifs is 1. The van der Waals surface area contributed by atoms with Crippen molar-refractivity contribution in [1.82, 2.24) is 9.97 Å². The number of hydrogen-bond acceptors (Lipinski definition) is 3. The van der Waals surface area contributed by atoms with Crippen molar-refractivity contribution in [2.24, 2.45) is 0 Å². The number of nitrogens with one attached hydrogen (secondary N) is 1. The normalized spacial score (nSPS) is 10.8. The quantitative estimate of drug-likeness (QED) is 0.554. The Labute approximate surface area is 147 Å². The topological polar surface area (TPSA) is 37.8 Å². The fraction of sp³-hybridized carbons (Fsp3) is 0.0909. The third-order valence-corrected chi connectivity index (χ3v) is 4.34. The van der Waals surface area contributed by atoms with Crippen molar-refractivity contribution in [2.45, 2.75) is 6.92 Å². The molecule has 0 spiro atoms. The number of aryl methyl sites for hydroxylation is 1. The van der Waals surface area contributed by atoms with E-state index in [1.807, 2.05) is 31.3 Å². The van der Waals surface area contributed by atoms with Crippen molar-refractivity contribution in [3.8, 4) is 22.5 Å². The lowest BCUT2D eigenvalue weighted by molar-refractivity contribution is 1.29. The summed E-state index contributed by atoms with van der Waals surface area (Å²) in [5.74, 6) is 0. The van der Waals surface area contributed by atoms with Gasteiger partial charge in [0.15, 0.2) is 0 Å². The van der Waals surface area contributed by atoms with E-state index in [2.05, 4.69) is 60.8 Å². The third kappa shape index (κ3) is 2.96. The van der Waals surface area contributed by atoms with Gasteiger partial charge in [-0.15, -0.1) is 0 Å². The summed E-state index contributed by atoms with van der Waals surface area (Å²) in [5.41, 5.74) is 8.09. The first-order valence-corrected chi connectivity index (χ1v) is 8.36. The minimum atomic E-state index is 0.908. The van der Waals surface area contributed by atoms with E-state index < -0.39 is 0 Å². The van der Waals surface area contributed by atoms with Crippen molar-refractivity contribution < 1.29 is 0 Å². The Balaban J connectivity index is 1.96. The molecule has 3 aromatic carbocycles. The zero-order valence-corrected chi connectivity index (χ0v) is 14.3. The number of hydrogen-bond donors (Lipinski definition) is 1. The summed E-state index contributed by atoms with van der Waals surface area (Å²) in [6, 6.07) is 24.7. The molecule has 0 radical (unpaired) electrons. The first-order valence-electron chi connectivity index (χ1n) is 8.36. The maximum atomic E-state index is 4.92. The number of anilines is 1. The molecule has 122 valence electrons. The Bertz CT molecular complexity index is 1020. The number of benzene rings is 3. The van der Waals surface area contributed by atoms with Gasteiger partial charge < -0.3 is 5.32 Å². The second-order valence-electron chi connectivity index (χ2n) is 6.10. The molecule has 0 aliphatic heterocycles. The summed E-state index contributed by atoms with van der Waals surface area (Å²) in [7, 11) is 1.92. The van der Waals surface area contributed by atoms with Crippen LogP contribution in [0.3, 0.4) is 0 Å². The Morgan fingerprint density at radius 3 is 1.60 bits per heavy atom. The lowest BCUT2D eigenvalue weighted by Gasteiger charge is -2.11. The fourth-order valence-electron chi connectivity index (χ4n) is 2.91. The van der Waals surface area contributed by atoms with Crippen LogP contribution < -0.4 is 5.32 Å². The molecule has 0 aliphatic carbocycles. The van der Waals surface area contributed by atoms with Crippen molar-refractivity contribution >= 4 is 16.7 Å². The molecule has 1 heterocycles. The summed E-state index contributed by atoms with van der Waals surface area (Å²) in [4.78, 5) is 9.83. The van der Waals surface area contributed by atoms with Gasteiger partial charge in [0.25, 0.3) is 0 Å². The Morgan fingerprint density at radius 1 is 0.640 bits per heavy atom. The van der Waals surface area contributed by atoms with Gasteiger partial charge in [-0.25, -0.2) is 9.97 Å². The highest BCUT2D eigenvalue weighted by Crippen LogP contribution is 2.31. The van der Waals surface area contributed by atoms with E-state index in [9.17, 15) is 0 Å². The third-order valence-electron chi connectivity index (χ3n) is 4.34. The van der Waals surface area contributed by atoms with Crippen LogP contribution >= 0.6 is 0 Å². The van der Waals surface area contributed by atoms with E-state index >= 15 is 0 Å². The molecule has 4 aromatic rings. The van der Waals surface area contributed by atoms with Gasteiger partial charge in [0.2, 0.25) is 0 Å². The van der Waals surface area contributed by atoms with E-state index in [-0.39, 0.29) is 0 Å². The second kappa shape index (κ2) is 6.36. The van der Waals surface area contributed by atoms with Crippen molar-refractivity contribution in [2.75, 3.05) is 12.4 Å². The van der Waals surface area contributed by atoms with E-state index in [4.69, 9.17) is 9.97 Å². The summed E-state index contributed by atoms with van der Waals surface area (Å²) < 4.78 is 0. The lowest BCUT2D eigenvalue weighted by atomic mass is 10.0. The largest absolute Gasteiger partial charge is 0.388 e. The highest BCUT2D eigenvalue weighted by molar-refractivity contribution is 5.86. The van der Waals surface area contributed by atoms with Crippen LogP contribution in [-0.4, -0.2) is 17.0 Å².